The van der Waals surface area contributed by atoms with E-state index in [0.717, 1.165) is 13.0 Å². The SMILES string of the molecule is O=[C]NCCCCN1CCCC1. The number of carbonyl (C=O) groups excluding carboxylic acids is 1. The molecule has 1 radical (unpaired) electrons. The van der Waals surface area contributed by atoms with Gasteiger partial charge in [-0.3, -0.25) is 4.79 Å². The molecule has 3 nitrogen and oxygen atoms in total. The van der Waals surface area contributed by atoms with Crippen LogP contribution in [-0.2, 0) is 4.79 Å². The molecule has 0 saturated carbocycles. The van der Waals surface area contributed by atoms with E-state index in [2.05, 4.69) is 10.2 Å². The Morgan fingerprint density at radius 2 is 2.00 bits per heavy atom. The molecule has 0 aromatic heterocycles. The molecule has 1 saturated heterocycles. The van der Waals surface area contributed by atoms with Gasteiger partial charge in [-0.15, -0.1) is 0 Å². The molecule has 0 aliphatic carbocycles. The van der Waals surface area contributed by atoms with Gasteiger partial charge in [-0.25, -0.2) is 0 Å². The molecule has 1 heterocycles. The molecule has 0 unspecified atom stereocenters. The van der Waals surface area contributed by atoms with Gasteiger partial charge in [0.05, 0.1) is 0 Å². The molecule has 1 N–H and O–H groups in total. The molecule has 0 bridgehead atoms. The monoisotopic (exact) mass is 169 g/mol. The lowest BCUT2D eigenvalue weighted by Gasteiger charge is -2.13. The zero-order valence-corrected chi connectivity index (χ0v) is 7.51. The third kappa shape index (κ3) is 3.72. The molecule has 1 aliphatic heterocycles. The van der Waals surface area contributed by atoms with Gasteiger partial charge in [0.25, 0.3) is 0 Å². The Balaban J connectivity index is 1.84. The van der Waals surface area contributed by atoms with Gasteiger partial charge in [0, 0.05) is 6.54 Å². The number of nitrogens with zero attached hydrogens (tertiary/aromatic N) is 1. The largest absolute Gasteiger partial charge is 0.348 e. The maximum Gasteiger partial charge on any atom is 0.309 e. The summed E-state index contributed by atoms with van der Waals surface area (Å²) in [6.07, 6.45) is 6.67. The number of amides is 1. The topological polar surface area (TPSA) is 32.3 Å². The van der Waals surface area contributed by atoms with Crippen LogP contribution in [0.25, 0.3) is 0 Å². The van der Waals surface area contributed by atoms with Crippen LogP contribution >= 0.6 is 0 Å². The highest BCUT2D eigenvalue weighted by molar-refractivity contribution is 5.46. The minimum atomic E-state index is 0.775. The third-order valence-electron chi connectivity index (χ3n) is 2.30. The number of hydrogen-bond donors (Lipinski definition) is 1. The quantitative estimate of drug-likeness (QED) is 0.464. The van der Waals surface area contributed by atoms with E-state index in [9.17, 15) is 4.79 Å². The second kappa shape index (κ2) is 6.00. The number of nitrogens with one attached hydrogen (secondary N) is 1. The Morgan fingerprint density at radius 3 is 2.67 bits per heavy atom. The van der Waals surface area contributed by atoms with Gasteiger partial charge in [-0.1, -0.05) is 0 Å². The summed E-state index contributed by atoms with van der Waals surface area (Å²) in [4.78, 5) is 12.3. The second-order valence-electron chi connectivity index (χ2n) is 3.28. The van der Waals surface area contributed by atoms with E-state index < -0.39 is 0 Å². The summed E-state index contributed by atoms with van der Waals surface area (Å²) in [5, 5.41) is 2.55. The number of hydrogen-bond acceptors (Lipinski definition) is 2. The average molecular weight is 169 g/mol. The summed E-state index contributed by atoms with van der Waals surface area (Å²) < 4.78 is 0. The number of rotatable bonds is 6. The van der Waals surface area contributed by atoms with Gasteiger partial charge in [0.2, 0.25) is 0 Å². The van der Waals surface area contributed by atoms with Crippen molar-refractivity contribution in [3.63, 3.8) is 0 Å². The lowest BCUT2D eigenvalue weighted by molar-refractivity contribution is 0.330. The Kier molecular flexibility index (Phi) is 4.76. The molecule has 0 aromatic carbocycles. The van der Waals surface area contributed by atoms with Crippen molar-refractivity contribution in [1.29, 1.82) is 0 Å². The van der Waals surface area contributed by atoms with Crippen LogP contribution in [0.1, 0.15) is 25.7 Å². The first-order chi connectivity index (χ1) is 5.93. The van der Waals surface area contributed by atoms with Crippen LogP contribution in [0.15, 0.2) is 0 Å². The first-order valence-electron chi connectivity index (χ1n) is 4.76. The Hall–Kier alpha value is -0.570. The highest BCUT2D eigenvalue weighted by Crippen LogP contribution is 2.07. The van der Waals surface area contributed by atoms with Crippen molar-refractivity contribution < 1.29 is 4.79 Å². The van der Waals surface area contributed by atoms with Crippen molar-refractivity contribution >= 4 is 6.41 Å². The lowest BCUT2D eigenvalue weighted by Crippen LogP contribution is -2.21. The normalized spacial score (nSPS) is 18.0. The predicted molar refractivity (Wildman–Crippen MR) is 48.6 cm³/mol. The Morgan fingerprint density at radius 1 is 1.25 bits per heavy atom. The van der Waals surface area contributed by atoms with Gasteiger partial charge >= 0.3 is 6.41 Å². The van der Waals surface area contributed by atoms with Crippen molar-refractivity contribution in [2.45, 2.75) is 25.7 Å². The van der Waals surface area contributed by atoms with Gasteiger partial charge < -0.3 is 10.2 Å². The van der Waals surface area contributed by atoms with Crippen LogP contribution < -0.4 is 5.32 Å². The van der Waals surface area contributed by atoms with Crippen LogP contribution in [0.4, 0.5) is 0 Å². The lowest BCUT2D eigenvalue weighted by atomic mass is 10.3. The van der Waals surface area contributed by atoms with Crippen molar-refractivity contribution in [1.82, 2.24) is 10.2 Å². The van der Waals surface area contributed by atoms with Crippen LogP contribution in [-0.4, -0.2) is 37.5 Å². The Labute approximate surface area is 74.1 Å². The Bertz CT molecular complexity index is 122. The molecule has 3 heteroatoms. The fourth-order valence-electron chi connectivity index (χ4n) is 1.61. The first kappa shape index (κ1) is 9.52. The molecule has 1 amide bonds. The van der Waals surface area contributed by atoms with Gasteiger partial charge in [0.15, 0.2) is 0 Å². The average Bonchev–Trinajstić information content (AvgIpc) is 2.57. The van der Waals surface area contributed by atoms with Gasteiger partial charge in [-0.2, -0.15) is 0 Å². The van der Waals surface area contributed by atoms with E-state index in [-0.39, 0.29) is 0 Å². The highest BCUT2D eigenvalue weighted by atomic mass is 16.1. The third-order valence-corrected chi connectivity index (χ3v) is 2.30. The van der Waals surface area contributed by atoms with Crippen molar-refractivity contribution in [3.05, 3.63) is 0 Å². The summed E-state index contributed by atoms with van der Waals surface area (Å²) in [5.74, 6) is 0. The summed E-state index contributed by atoms with van der Waals surface area (Å²) in [6, 6.07) is 0. The van der Waals surface area contributed by atoms with Crippen LogP contribution in [0.2, 0.25) is 0 Å². The van der Waals surface area contributed by atoms with Crippen LogP contribution in [0.3, 0.4) is 0 Å². The number of likely N-dealkylation sites (tertiary alicyclic amines) is 1. The van der Waals surface area contributed by atoms with Crippen molar-refractivity contribution in [2.75, 3.05) is 26.2 Å². The van der Waals surface area contributed by atoms with Crippen molar-refractivity contribution in [2.24, 2.45) is 0 Å². The molecule has 1 fully saturated rings. The van der Waals surface area contributed by atoms with E-state index in [0.29, 0.717) is 0 Å². The van der Waals surface area contributed by atoms with E-state index in [1.165, 1.54) is 38.9 Å². The minimum absolute atomic E-state index is 0.775. The molecule has 0 atom stereocenters. The van der Waals surface area contributed by atoms with Gasteiger partial charge in [-0.05, 0) is 45.3 Å². The maximum absolute atomic E-state index is 9.78. The molecule has 1 aliphatic rings. The minimum Gasteiger partial charge on any atom is -0.348 e. The summed E-state index contributed by atoms with van der Waals surface area (Å²) in [6.45, 7) is 4.51. The smallest absolute Gasteiger partial charge is 0.309 e. The van der Waals surface area contributed by atoms with E-state index in [1.807, 2.05) is 0 Å². The molecule has 12 heavy (non-hydrogen) atoms. The number of unbranched alkanes of at least 4 members (excludes halogenated alkanes) is 1. The van der Waals surface area contributed by atoms with E-state index in [1.54, 1.807) is 6.41 Å². The summed E-state index contributed by atoms with van der Waals surface area (Å²) >= 11 is 0. The zero-order chi connectivity index (χ0) is 8.65. The molecular formula is C9H17N2O. The summed E-state index contributed by atoms with van der Waals surface area (Å²) in [5.41, 5.74) is 0. The predicted octanol–water partition coefficient (Wildman–Crippen LogP) is 0.519. The van der Waals surface area contributed by atoms with Crippen LogP contribution in [0, 0.1) is 0 Å². The first-order valence-corrected chi connectivity index (χ1v) is 4.76. The molecular weight excluding hydrogens is 152 g/mol. The zero-order valence-electron chi connectivity index (χ0n) is 7.51. The fourth-order valence-corrected chi connectivity index (χ4v) is 1.61. The van der Waals surface area contributed by atoms with E-state index >= 15 is 0 Å². The molecule has 69 valence electrons. The molecule has 0 aromatic rings. The highest BCUT2D eigenvalue weighted by Gasteiger charge is 2.09. The van der Waals surface area contributed by atoms with Crippen LogP contribution in [0.5, 0.6) is 0 Å². The molecule has 0 spiro atoms. The maximum atomic E-state index is 9.78. The summed E-state index contributed by atoms with van der Waals surface area (Å²) in [7, 11) is 0. The second-order valence-corrected chi connectivity index (χ2v) is 3.28. The van der Waals surface area contributed by atoms with Gasteiger partial charge in [0.1, 0.15) is 0 Å². The van der Waals surface area contributed by atoms with E-state index in [4.69, 9.17) is 0 Å². The standard InChI is InChI=1S/C9H17N2O/c12-9-10-5-1-2-6-11-7-3-4-8-11/h1-8H2,(H,10,12). The van der Waals surface area contributed by atoms with Crippen molar-refractivity contribution in [3.8, 4) is 0 Å². The molecule has 1 rings (SSSR count). The fraction of sp³-hybridized carbons (Fsp3) is 0.889.